The summed E-state index contributed by atoms with van der Waals surface area (Å²) in [6, 6.07) is 2.51. The summed E-state index contributed by atoms with van der Waals surface area (Å²) in [4.78, 5) is 15.5. The smallest absolute Gasteiger partial charge is 0.422 e. The molecule has 0 spiro atoms. The van der Waals surface area contributed by atoms with Crippen LogP contribution in [0.1, 0.15) is 12.8 Å². The Bertz CT molecular complexity index is 456. The number of carbonyl (C=O) groups excluding carboxylic acids is 1. The number of carbonyl (C=O) groups is 1. The molecule has 0 unspecified atom stereocenters. The predicted molar refractivity (Wildman–Crippen MR) is 65.4 cm³/mol. The van der Waals surface area contributed by atoms with Crippen molar-refractivity contribution in [2.75, 3.05) is 18.5 Å². The molecule has 2 N–H and O–H groups in total. The van der Waals surface area contributed by atoms with Gasteiger partial charge in [0, 0.05) is 6.07 Å². The van der Waals surface area contributed by atoms with Crippen LogP contribution in [0.3, 0.4) is 0 Å². The van der Waals surface area contributed by atoms with Crippen LogP contribution >= 0.6 is 0 Å². The molecule has 8 heteroatoms. The minimum atomic E-state index is -4.40. The molecule has 0 aliphatic carbocycles. The van der Waals surface area contributed by atoms with Crippen molar-refractivity contribution < 1.29 is 22.7 Å². The van der Waals surface area contributed by atoms with Gasteiger partial charge in [0.1, 0.15) is 0 Å². The molecule has 1 saturated heterocycles. The van der Waals surface area contributed by atoms with E-state index < -0.39 is 12.8 Å². The number of hydrogen-bond donors (Lipinski definition) is 2. The molecule has 1 atom stereocenters. The molecule has 1 aromatic rings. The highest BCUT2D eigenvalue weighted by atomic mass is 19.4. The largest absolute Gasteiger partial charge is 0.468 e. The van der Waals surface area contributed by atoms with Gasteiger partial charge in [0.15, 0.2) is 6.61 Å². The van der Waals surface area contributed by atoms with Gasteiger partial charge in [-0.3, -0.25) is 4.79 Å². The Morgan fingerprint density at radius 2 is 2.30 bits per heavy atom. The number of alkyl halides is 3. The van der Waals surface area contributed by atoms with E-state index in [1.807, 2.05) is 0 Å². The van der Waals surface area contributed by atoms with E-state index >= 15 is 0 Å². The van der Waals surface area contributed by atoms with E-state index in [2.05, 4.69) is 20.4 Å². The first-order chi connectivity index (χ1) is 9.44. The van der Waals surface area contributed by atoms with Crippen molar-refractivity contribution in [1.82, 2.24) is 10.3 Å². The zero-order valence-electron chi connectivity index (χ0n) is 10.5. The molecule has 1 aliphatic heterocycles. The van der Waals surface area contributed by atoms with Gasteiger partial charge >= 0.3 is 6.18 Å². The van der Waals surface area contributed by atoms with Crippen molar-refractivity contribution in [2.45, 2.75) is 25.1 Å². The van der Waals surface area contributed by atoms with Gasteiger partial charge in [0.05, 0.1) is 17.9 Å². The van der Waals surface area contributed by atoms with Crippen molar-refractivity contribution in [3.8, 4) is 5.88 Å². The van der Waals surface area contributed by atoms with Crippen LogP contribution in [0.25, 0.3) is 0 Å². The van der Waals surface area contributed by atoms with E-state index in [9.17, 15) is 18.0 Å². The normalized spacial score (nSPS) is 18.9. The van der Waals surface area contributed by atoms with Gasteiger partial charge in [0.2, 0.25) is 11.8 Å². The van der Waals surface area contributed by atoms with Crippen LogP contribution in [0.5, 0.6) is 5.88 Å². The summed E-state index contributed by atoms with van der Waals surface area (Å²) in [7, 11) is 0. The summed E-state index contributed by atoms with van der Waals surface area (Å²) in [5, 5.41) is 5.68. The first kappa shape index (κ1) is 14.6. The summed E-state index contributed by atoms with van der Waals surface area (Å²) >= 11 is 0. The van der Waals surface area contributed by atoms with Crippen molar-refractivity contribution in [3.05, 3.63) is 18.3 Å². The molecule has 20 heavy (non-hydrogen) atoms. The molecular weight excluding hydrogens is 275 g/mol. The minimum Gasteiger partial charge on any atom is -0.468 e. The Hall–Kier alpha value is -1.83. The van der Waals surface area contributed by atoms with E-state index in [1.54, 1.807) is 0 Å². The average Bonchev–Trinajstić information content (AvgIpc) is 2.91. The maximum absolute atomic E-state index is 11.9. The molecule has 0 aromatic carbocycles. The SMILES string of the molecule is O=C(Nc1ccc(OCC(F)(F)F)nc1)[C@@H]1CCCN1. The molecule has 1 fully saturated rings. The van der Waals surface area contributed by atoms with E-state index in [0.717, 1.165) is 19.4 Å². The fourth-order valence-corrected chi connectivity index (χ4v) is 1.83. The molecule has 1 aliphatic rings. The van der Waals surface area contributed by atoms with Crippen LogP contribution in [-0.4, -0.2) is 36.3 Å². The predicted octanol–water partition coefficient (Wildman–Crippen LogP) is 1.71. The van der Waals surface area contributed by atoms with Crippen LogP contribution in [0.4, 0.5) is 18.9 Å². The topological polar surface area (TPSA) is 63.2 Å². The Balaban J connectivity index is 1.86. The van der Waals surface area contributed by atoms with Crippen LogP contribution < -0.4 is 15.4 Å². The van der Waals surface area contributed by atoms with Crippen molar-refractivity contribution in [1.29, 1.82) is 0 Å². The number of aromatic nitrogens is 1. The molecule has 1 aromatic heterocycles. The fraction of sp³-hybridized carbons (Fsp3) is 0.500. The number of halogens is 3. The van der Waals surface area contributed by atoms with E-state index in [-0.39, 0.29) is 17.8 Å². The Morgan fingerprint density at radius 1 is 1.50 bits per heavy atom. The van der Waals surface area contributed by atoms with Crippen molar-refractivity contribution >= 4 is 11.6 Å². The summed E-state index contributed by atoms with van der Waals surface area (Å²) < 4.78 is 40.3. The summed E-state index contributed by atoms with van der Waals surface area (Å²) in [6.45, 7) is -0.585. The first-order valence-corrected chi connectivity index (χ1v) is 6.14. The molecule has 1 amide bonds. The summed E-state index contributed by atoms with van der Waals surface area (Å²) in [5.74, 6) is -0.312. The second kappa shape index (κ2) is 6.08. The lowest BCUT2D eigenvalue weighted by Crippen LogP contribution is -2.35. The number of rotatable bonds is 4. The number of hydrogen-bond acceptors (Lipinski definition) is 4. The number of nitrogens with one attached hydrogen (secondary N) is 2. The third-order valence-corrected chi connectivity index (χ3v) is 2.76. The van der Waals surface area contributed by atoms with E-state index in [0.29, 0.717) is 5.69 Å². The highest BCUT2D eigenvalue weighted by Crippen LogP contribution is 2.18. The monoisotopic (exact) mass is 289 g/mol. The van der Waals surface area contributed by atoms with Gasteiger partial charge in [-0.15, -0.1) is 0 Å². The van der Waals surface area contributed by atoms with Crippen LogP contribution in [0.15, 0.2) is 18.3 Å². The maximum Gasteiger partial charge on any atom is 0.422 e. The molecule has 0 bridgehead atoms. The van der Waals surface area contributed by atoms with E-state index in [1.165, 1.54) is 18.3 Å². The molecule has 0 radical (unpaired) electrons. The van der Waals surface area contributed by atoms with E-state index in [4.69, 9.17) is 0 Å². The zero-order chi connectivity index (χ0) is 14.6. The fourth-order valence-electron chi connectivity index (χ4n) is 1.83. The van der Waals surface area contributed by atoms with Crippen LogP contribution in [0, 0.1) is 0 Å². The van der Waals surface area contributed by atoms with Gasteiger partial charge in [-0.05, 0) is 25.5 Å². The highest BCUT2D eigenvalue weighted by Gasteiger charge is 2.28. The number of ether oxygens (including phenoxy) is 1. The number of pyridine rings is 1. The van der Waals surface area contributed by atoms with Gasteiger partial charge in [-0.25, -0.2) is 4.98 Å². The third-order valence-electron chi connectivity index (χ3n) is 2.76. The third kappa shape index (κ3) is 4.37. The molecule has 110 valence electrons. The lowest BCUT2D eigenvalue weighted by Gasteiger charge is -2.11. The zero-order valence-corrected chi connectivity index (χ0v) is 10.5. The summed E-state index contributed by atoms with van der Waals surface area (Å²) in [6.07, 6.45) is -1.42. The molecular formula is C12H14F3N3O2. The second-order valence-corrected chi connectivity index (χ2v) is 4.43. The standard InChI is InChI=1S/C12H14F3N3O2/c13-12(14,15)7-20-10-4-3-8(6-17-10)18-11(19)9-2-1-5-16-9/h3-4,6,9,16H,1-2,5,7H2,(H,18,19)/t9-/m0/s1. The van der Waals surface area contributed by atoms with Gasteiger partial charge < -0.3 is 15.4 Å². The van der Waals surface area contributed by atoms with Crippen molar-refractivity contribution in [3.63, 3.8) is 0 Å². The lowest BCUT2D eigenvalue weighted by molar-refractivity contribution is -0.154. The molecule has 0 saturated carbocycles. The maximum atomic E-state index is 11.9. The number of anilines is 1. The Labute approximate surface area is 113 Å². The highest BCUT2D eigenvalue weighted by molar-refractivity contribution is 5.94. The lowest BCUT2D eigenvalue weighted by atomic mass is 10.2. The molecule has 5 nitrogen and oxygen atoms in total. The quantitative estimate of drug-likeness (QED) is 0.886. The average molecular weight is 289 g/mol. The molecule has 2 rings (SSSR count). The molecule has 2 heterocycles. The number of amides is 1. The summed E-state index contributed by atoms with van der Waals surface area (Å²) in [5.41, 5.74) is 0.419. The van der Waals surface area contributed by atoms with Crippen molar-refractivity contribution in [2.24, 2.45) is 0 Å². The Morgan fingerprint density at radius 3 is 2.85 bits per heavy atom. The number of nitrogens with zero attached hydrogens (tertiary/aromatic N) is 1. The van der Waals surface area contributed by atoms with Gasteiger partial charge in [-0.1, -0.05) is 0 Å². The second-order valence-electron chi connectivity index (χ2n) is 4.43. The van der Waals surface area contributed by atoms with Gasteiger partial charge in [0.25, 0.3) is 0 Å². The minimum absolute atomic E-state index is 0.140. The first-order valence-electron chi connectivity index (χ1n) is 6.14. The van der Waals surface area contributed by atoms with Gasteiger partial charge in [-0.2, -0.15) is 13.2 Å². The van der Waals surface area contributed by atoms with Crippen LogP contribution in [0.2, 0.25) is 0 Å². The Kier molecular flexibility index (Phi) is 4.43. The van der Waals surface area contributed by atoms with Crippen LogP contribution in [-0.2, 0) is 4.79 Å².